The van der Waals surface area contributed by atoms with Crippen LogP contribution in [0.1, 0.15) is 6.92 Å². The topological polar surface area (TPSA) is 59.9 Å². The zero-order valence-electron chi connectivity index (χ0n) is 5.92. The van der Waals surface area contributed by atoms with Crippen LogP contribution in [0.15, 0.2) is 4.79 Å². The second-order valence-corrected chi connectivity index (χ2v) is 1.76. The molecular formula is C5H9N3O2. The Labute approximate surface area is 57.6 Å². The van der Waals surface area contributed by atoms with Crippen molar-refractivity contribution < 1.29 is 4.74 Å². The maximum atomic E-state index is 10.8. The van der Waals surface area contributed by atoms with Gasteiger partial charge in [0.25, 0.3) is 0 Å². The van der Waals surface area contributed by atoms with Gasteiger partial charge in [-0.3, -0.25) is 0 Å². The minimum absolute atomic E-state index is 0.237. The van der Waals surface area contributed by atoms with E-state index in [4.69, 9.17) is 4.74 Å². The molecule has 5 heteroatoms. The quantitative estimate of drug-likeness (QED) is 0.612. The largest absolute Gasteiger partial charge is 0.467 e. The highest BCUT2D eigenvalue weighted by atomic mass is 16.5. The van der Waals surface area contributed by atoms with Gasteiger partial charge in [0.05, 0.1) is 7.11 Å². The third-order valence-electron chi connectivity index (χ3n) is 1.22. The summed E-state index contributed by atoms with van der Waals surface area (Å²) >= 11 is 0. The van der Waals surface area contributed by atoms with E-state index in [0.29, 0.717) is 12.6 Å². The van der Waals surface area contributed by atoms with Gasteiger partial charge in [-0.05, 0) is 6.92 Å². The van der Waals surface area contributed by atoms with Crippen molar-refractivity contribution >= 4 is 0 Å². The normalized spacial score (nSPS) is 9.80. The lowest BCUT2D eigenvalue weighted by molar-refractivity contribution is 0.356. The summed E-state index contributed by atoms with van der Waals surface area (Å²) < 4.78 is 6.18. The number of aromatic nitrogens is 3. The molecule has 1 heterocycles. The van der Waals surface area contributed by atoms with Crippen molar-refractivity contribution in [3.63, 3.8) is 0 Å². The molecule has 0 aromatic carbocycles. The van der Waals surface area contributed by atoms with E-state index in [-0.39, 0.29) is 5.69 Å². The van der Waals surface area contributed by atoms with Gasteiger partial charge in [0.2, 0.25) is 0 Å². The predicted octanol–water partition coefficient (Wildman–Crippen LogP) is -0.400. The minimum Gasteiger partial charge on any atom is -0.467 e. The second kappa shape index (κ2) is 2.55. The van der Waals surface area contributed by atoms with Crippen LogP contribution in [0.25, 0.3) is 0 Å². The molecular weight excluding hydrogens is 134 g/mol. The molecule has 0 unspecified atom stereocenters. The number of ether oxygens (including phenoxy) is 1. The summed E-state index contributed by atoms with van der Waals surface area (Å²) in [6.45, 7) is 2.41. The minimum atomic E-state index is -0.237. The van der Waals surface area contributed by atoms with Crippen molar-refractivity contribution in [3.05, 3.63) is 10.5 Å². The van der Waals surface area contributed by atoms with Crippen LogP contribution in [0, 0.1) is 0 Å². The molecule has 10 heavy (non-hydrogen) atoms. The Morgan fingerprint density at radius 1 is 1.80 bits per heavy atom. The van der Waals surface area contributed by atoms with Crippen LogP contribution >= 0.6 is 0 Å². The van der Waals surface area contributed by atoms with Gasteiger partial charge in [0, 0.05) is 6.54 Å². The first-order chi connectivity index (χ1) is 4.79. The number of hydrogen-bond donors (Lipinski definition) is 1. The zero-order chi connectivity index (χ0) is 7.56. The molecule has 56 valence electrons. The molecule has 1 rings (SSSR count). The van der Waals surface area contributed by atoms with E-state index in [1.807, 2.05) is 6.92 Å². The van der Waals surface area contributed by atoms with Crippen LogP contribution in [0.3, 0.4) is 0 Å². The molecule has 5 nitrogen and oxygen atoms in total. The average molecular weight is 143 g/mol. The molecule has 0 saturated heterocycles. The molecule has 0 fully saturated rings. The van der Waals surface area contributed by atoms with Crippen LogP contribution in [0.4, 0.5) is 0 Å². The van der Waals surface area contributed by atoms with Crippen molar-refractivity contribution in [2.24, 2.45) is 0 Å². The number of hydrogen-bond acceptors (Lipinski definition) is 3. The van der Waals surface area contributed by atoms with Crippen LogP contribution in [-0.4, -0.2) is 21.9 Å². The maximum Gasteiger partial charge on any atom is 0.346 e. The van der Waals surface area contributed by atoms with E-state index in [2.05, 4.69) is 10.2 Å². The molecule has 0 aliphatic rings. The first kappa shape index (κ1) is 6.85. The van der Waals surface area contributed by atoms with Gasteiger partial charge in [-0.1, -0.05) is 0 Å². The Hall–Kier alpha value is -1.26. The van der Waals surface area contributed by atoms with Crippen LogP contribution in [0.5, 0.6) is 6.01 Å². The molecule has 0 bridgehead atoms. The fourth-order valence-electron chi connectivity index (χ4n) is 0.738. The SMILES string of the molecule is CCn1c(OC)n[nH]c1=O. The van der Waals surface area contributed by atoms with Crippen molar-refractivity contribution in [2.45, 2.75) is 13.5 Å². The molecule has 1 N–H and O–H groups in total. The molecule has 0 saturated carbocycles. The summed E-state index contributed by atoms with van der Waals surface area (Å²) in [5.41, 5.74) is -0.237. The summed E-state index contributed by atoms with van der Waals surface area (Å²) in [7, 11) is 1.47. The molecule has 0 atom stereocenters. The number of nitrogens with one attached hydrogen (secondary N) is 1. The van der Waals surface area contributed by atoms with Crippen molar-refractivity contribution in [1.82, 2.24) is 14.8 Å². The summed E-state index contributed by atoms with van der Waals surface area (Å²) in [6, 6.07) is 0.326. The van der Waals surface area contributed by atoms with E-state index in [9.17, 15) is 4.79 Å². The zero-order valence-corrected chi connectivity index (χ0v) is 5.92. The van der Waals surface area contributed by atoms with E-state index in [1.54, 1.807) is 0 Å². The van der Waals surface area contributed by atoms with Gasteiger partial charge in [-0.2, -0.15) is 0 Å². The molecule has 0 radical (unpaired) electrons. The highest BCUT2D eigenvalue weighted by Crippen LogP contribution is 1.97. The van der Waals surface area contributed by atoms with Gasteiger partial charge >= 0.3 is 11.7 Å². The summed E-state index contributed by atoms with van der Waals surface area (Å²) in [5.74, 6) is 0. The molecule has 0 amide bonds. The van der Waals surface area contributed by atoms with Crippen molar-refractivity contribution in [2.75, 3.05) is 7.11 Å². The Kier molecular flexibility index (Phi) is 1.75. The van der Waals surface area contributed by atoms with E-state index >= 15 is 0 Å². The lowest BCUT2D eigenvalue weighted by atomic mass is 10.7. The van der Waals surface area contributed by atoms with E-state index in [1.165, 1.54) is 11.7 Å². The highest BCUT2D eigenvalue weighted by molar-refractivity contribution is 4.90. The molecule has 0 aliphatic heterocycles. The molecule has 1 aromatic rings. The Morgan fingerprint density at radius 3 is 2.90 bits per heavy atom. The first-order valence-electron chi connectivity index (χ1n) is 2.98. The van der Waals surface area contributed by atoms with Crippen molar-refractivity contribution in [1.29, 1.82) is 0 Å². The molecule has 1 aromatic heterocycles. The number of aromatic amines is 1. The smallest absolute Gasteiger partial charge is 0.346 e. The number of methoxy groups -OCH3 is 1. The van der Waals surface area contributed by atoms with Gasteiger partial charge in [0.1, 0.15) is 0 Å². The standard InChI is InChI=1S/C5H9N3O2/c1-3-8-4(9)6-7-5(8)10-2/h3H2,1-2H3,(H,6,9). The van der Waals surface area contributed by atoms with Crippen LogP contribution in [0.2, 0.25) is 0 Å². The van der Waals surface area contributed by atoms with Gasteiger partial charge in [-0.25, -0.2) is 14.5 Å². The second-order valence-electron chi connectivity index (χ2n) is 1.76. The summed E-state index contributed by atoms with van der Waals surface area (Å²) in [5, 5.41) is 5.88. The number of nitrogens with zero attached hydrogens (tertiary/aromatic N) is 2. The fourth-order valence-corrected chi connectivity index (χ4v) is 0.738. The van der Waals surface area contributed by atoms with Gasteiger partial charge < -0.3 is 4.74 Å². The molecule has 0 spiro atoms. The maximum absolute atomic E-state index is 10.8. The van der Waals surface area contributed by atoms with Crippen LogP contribution in [-0.2, 0) is 6.54 Å². The Morgan fingerprint density at radius 2 is 2.50 bits per heavy atom. The highest BCUT2D eigenvalue weighted by Gasteiger charge is 2.03. The van der Waals surface area contributed by atoms with Gasteiger partial charge in [-0.15, -0.1) is 5.10 Å². The molecule has 0 aliphatic carbocycles. The Balaban J connectivity index is 3.13. The average Bonchev–Trinajstić information content (AvgIpc) is 2.30. The fraction of sp³-hybridized carbons (Fsp3) is 0.600. The lowest BCUT2D eigenvalue weighted by Crippen LogP contribution is -2.16. The summed E-state index contributed by atoms with van der Waals surface area (Å²) in [6.07, 6.45) is 0. The number of H-pyrrole nitrogens is 1. The van der Waals surface area contributed by atoms with Gasteiger partial charge in [0.15, 0.2) is 0 Å². The predicted molar refractivity (Wildman–Crippen MR) is 35.1 cm³/mol. The van der Waals surface area contributed by atoms with Crippen LogP contribution < -0.4 is 10.4 Å². The van der Waals surface area contributed by atoms with E-state index in [0.717, 1.165) is 0 Å². The number of rotatable bonds is 2. The third-order valence-corrected chi connectivity index (χ3v) is 1.22. The summed E-state index contributed by atoms with van der Waals surface area (Å²) in [4.78, 5) is 10.8. The Bertz CT molecular complexity index is 262. The first-order valence-corrected chi connectivity index (χ1v) is 2.98. The van der Waals surface area contributed by atoms with Crippen molar-refractivity contribution in [3.8, 4) is 6.01 Å². The monoisotopic (exact) mass is 143 g/mol. The third kappa shape index (κ3) is 0.896. The van der Waals surface area contributed by atoms with E-state index < -0.39 is 0 Å². The lowest BCUT2D eigenvalue weighted by Gasteiger charge is -1.97.